The van der Waals surface area contributed by atoms with Crippen LogP contribution in [-0.2, 0) is 20.8 Å². The molecule has 1 fully saturated rings. The molecule has 3 N–H and O–H groups in total. The molecule has 3 rings (SSSR count). The maximum absolute atomic E-state index is 13.3. The molecule has 2 aromatic carbocycles. The van der Waals surface area contributed by atoms with E-state index in [9.17, 15) is 19.5 Å². The molecule has 0 spiro atoms. The molecule has 1 saturated carbocycles. The van der Waals surface area contributed by atoms with Crippen molar-refractivity contribution in [3.63, 3.8) is 0 Å². The molecule has 0 bridgehead atoms. The number of amides is 2. The van der Waals surface area contributed by atoms with E-state index in [1.165, 1.54) is 0 Å². The zero-order chi connectivity index (χ0) is 24.6. The van der Waals surface area contributed by atoms with Gasteiger partial charge >= 0.3 is 5.97 Å². The Morgan fingerprint density at radius 1 is 1.00 bits per heavy atom. The Labute approximate surface area is 206 Å². The standard InChI is InChI=1S/C27H34N2O4S/c1-2-3-11-23(34)24(30)29-27(16-7-8-17-27)26(33)28-22(25(31)32)18-19-12-14-21(15-13-19)20-9-5-4-6-10-20/h4-6,9-10,12-15,22-23,34H,2-3,7-8,11,16-18H2,1H3,(H,28,33)(H,29,30)(H,31,32)/t22?,23-/m0/s1. The Kier molecular flexibility index (Phi) is 9.16. The van der Waals surface area contributed by atoms with Crippen LogP contribution in [0, 0.1) is 0 Å². The first kappa shape index (κ1) is 25.8. The number of benzene rings is 2. The third kappa shape index (κ3) is 6.63. The third-order valence-electron chi connectivity index (χ3n) is 6.49. The zero-order valence-electron chi connectivity index (χ0n) is 19.6. The maximum atomic E-state index is 13.3. The highest BCUT2D eigenvalue weighted by atomic mass is 32.1. The lowest BCUT2D eigenvalue weighted by atomic mass is 9.94. The first-order chi connectivity index (χ1) is 16.3. The van der Waals surface area contributed by atoms with E-state index in [2.05, 4.69) is 23.3 Å². The summed E-state index contributed by atoms with van der Waals surface area (Å²) >= 11 is 4.40. The van der Waals surface area contributed by atoms with E-state index >= 15 is 0 Å². The lowest BCUT2D eigenvalue weighted by Crippen LogP contribution is -2.61. The van der Waals surface area contributed by atoms with Crippen molar-refractivity contribution in [2.75, 3.05) is 0 Å². The van der Waals surface area contributed by atoms with Crippen LogP contribution >= 0.6 is 12.6 Å². The number of aliphatic carboxylic acids is 1. The van der Waals surface area contributed by atoms with Crippen LogP contribution in [0.2, 0.25) is 0 Å². The molecule has 2 atom stereocenters. The molecule has 0 heterocycles. The quantitative estimate of drug-likeness (QED) is 0.358. The molecule has 182 valence electrons. The molecular weight excluding hydrogens is 448 g/mol. The maximum Gasteiger partial charge on any atom is 0.326 e. The van der Waals surface area contributed by atoms with E-state index < -0.39 is 28.7 Å². The molecule has 34 heavy (non-hydrogen) atoms. The van der Waals surface area contributed by atoms with E-state index in [0.717, 1.165) is 42.4 Å². The van der Waals surface area contributed by atoms with Crippen molar-refractivity contribution in [1.29, 1.82) is 0 Å². The normalized spacial score (nSPS) is 16.4. The zero-order valence-corrected chi connectivity index (χ0v) is 20.5. The van der Waals surface area contributed by atoms with Gasteiger partial charge in [-0.15, -0.1) is 0 Å². The van der Waals surface area contributed by atoms with Crippen LogP contribution in [-0.4, -0.2) is 39.7 Å². The Morgan fingerprint density at radius 2 is 1.62 bits per heavy atom. The molecule has 2 amide bonds. The summed E-state index contributed by atoms with van der Waals surface area (Å²) in [5.41, 5.74) is 1.86. The predicted octanol–water partition coefficient (Wildman–Crippen LogP) is 4.38. The first-order valence-electron chi connectivity index (χ1n) is 12.0. The highest BCUT2D eigenvalue weighted by Crippen LogP contribution is 2.31. The Morgan fingerprint density at radius 3 is 2.21 bits per heavy atom. The van der Waals surface area contributed by atoms with Gasteiger partial charge in [0.25, 0.3) is 0 Å². The summed E-state index contributed by atoms with van der Waals surface area (Å²) in [5.74, 6) is -1.80. The fourth-order valence-electron chi connectivity index (χ4n) is 4.43. The number of carbonyl (C=O) groups excluding carboxylic acids is 2. The first-order valence-corrected chi connectivity index (χ1v) is 12.5. The van der Waals surface area contributed by atoms with Gasteiger partial charge in [0, 0.05) is 6.42 Å². The van der Waals surface area contributed by atoms with Crippen LogP contribution in [0.3, 0.4) is 0 Å². The summed E-state index contributed by atoms with van der Waals surface area (Å²) in [4.78, 5) is 37.9. The molecule has 0 aromatic heterocycles. The average Bonchev–Trinajstić information content (AvgIpc) is 3.32. The van der Waals surface area contributed by atoms with Gasteiger partial charge in [-0.25, -0.2) is 4.79 Å². The van der Waals surface area contributed by atoms with Gasteiger partial charge in [-0.05, 0) is 36.0 Å². The van der Waals surface area contributed by atoms with Crippen LogP contribution in [0.25, 0.3) is 11.1 Å². The van der Waals surface area contributed by atoms with Crippen molar-refractivity contribution >= 4 is 30.4 Å². The van der Waals surface area contributed by atoms with Crippen molar-refractivity contribution in [3.8, 4) is 11.1 Å². The van der Waals surface area contributed by atoms with Gasteiger partial charge in [0.05, 0.1) is 5.25 Å². The fourth-order valence-corrected chi connectivity index (χ4v) is 4.68. The minimum atomic E-state index is -1.10. The molecule has 1 aliphatic carbocycles. The lowest BCUT2D eigenvalue weighted by molar-refractivity contribution is -0.143. The van der Waals surface area contributed by atoms with Crippen molar-refractivity contribution in [2.45, 2.75) is 75.1 Å². The molecule has 0 radical (unpaired) electrons. The Bertz CT molecular complexity index is 972. The van der Waals surface area contributed by atoms with E-state index in [1.807, 2.05) is 61.5 Å². The molecule has 2 aromatic rings. The molecule has 1 aliphatic rings. The Balaban J connectivity index is 1.68. The second-order valence-corrected chi connectivity index (χ2v) is 9.69. The topological polar surface area (TPSA) is 95.5 Å². The number of thiol groups is 1. The van der Waals surface area contributed by atoms with Gasteiger partial charge in [0.15, 0.2) is 0 Å². The van der Waals surface area contributed by atoms with Gasteiger partial charge in [-0.2, -0.15) is 12.6 Å². The van der Waals surface area contributed by atoms with E-state index in [-0.39, 0.29) is 12.3 Å². The lowest BCUT2D eigenvalue weighted by Gasteiger charge is -2.31. The predicted molar refractivity (Wildman–Crippen MR) is 137 cm³/mol. The van der Waals surface area contributed by atoms with Crippen LogP contribution < -0.4 is 10.6 Å². The number of hydrogen-bond donors (Lipinski definition) is 4. The van der Waals surface area contributed by atoms with Crippen molar-refractivity contribution < 1.29 is 19.5 Å². The summed E-state index contributed by atoms with van der Waals surface area (Å²) in [7, 11) is 0. The summed E-state index contributed by atoms with van der Waals surface area (Å²) in [6.45, 7) is 2.05. The summed E-state index contributed by atoms with van der Waals surface area (Å²) in [5, 5.41) is 14.9. The highest BCUT2D eigenvalue weighted by molar-refractivity contribution is 7.81. The van der Waals surface area contributed by atoms with E-state index in [0.29, 0.717) is 19.3 Å². The van der Waals surface area contributed by atoms with E-state index in [1.54, 1.807) is 0 Å². The number of nitrogens with one attached hydrogen (secondary N) is 2. The van der Waals surface area contributed by atoms with Crippen molar-refractivity contribution in [2.24, 2.45) is 0 Å². The minimum Gasteiger partial charge on any atom is -0.480 e. The molecule has 6 nitrogen and oxygen atoms in total. The average molecular weight is 483 g/mol. The summed E-state index contributed by atoms with van der Waals surface area (Å²) in [6, 6.07) is 16.5. The second kappa shape index (κ2) is 12.1. The largest absolute Gasteiger partial charge is 0.480 e. The Hall–Kier alpha value is -2.80. The van der Waals surface area contributed by atoms with Gasteiger partial charge in [-0.1, -0.05) is 87.2 Å². The fraction of sp³-hybridized carbons (Fsp3) is 0.444. The summed E-state index contributed by atoms with van der Waals surface area (Å²) < 4.78 is 0. The number of carboxylic acids is 1. The number of unbranched alkanes of at least 4 members (excludes halogenated alkanes) is 1. The number of carboxylic acid groups (broad SMARTS) is 1. The minimum absolute atomic E-state index is 0.159. The number of carbonyl (C=O) groups is 3. The van der Waals surface area contributed by atoms with Gasteiger partial charge in [0.1, 0.15) is 11.6 Å². The van der Waals surface area contributed by atoms with Crippen LogP contribution in [0.5, 0.6) is 0 Å². The van der Waals surface area contributed by atoms with Crippen LogP contribution in [0.4, 0.5) is 0 Å². The molecule has 0 aliphatic heterocycles. The molecular formula is C27H34N2O4S. The molecule has 7 heteroatoms. The van der Waals surface area contributed by atoms with Crippen LogP contribution in [0.15, 0.2) is 54.6 Å². The molecule has 0 saturated heterocycles. The third-order valence-corrected chi connectivity index (χ3v) is 6.99. The SMILES string of the molecule is CCCC[C@H](S)C(=O)NC1(C(=O)NC(Cc2ccc(-c3ccccc3)cc2)C(=O)O)CCCC1. The summed E-state index contributed by atoms with van der Waals surface area (Å²) in [6.07, 6.45) is 5.24. The van der Waals surface area contributed by atoms with Gasteiger partial charge < -0.3 is 15.7 Å². The van der Waals surface area contributed by atoms with Crippen molar-refractivity contribution in [1.82, 2.24) is 10.6 Å². The monoisotopic (exact) mass is 482 g/mol. The smallest absolute Gasteiger partial charge is 0.326 e. The number of hydrogen-bond acceptors (Lipinski definition) is 4. The second-order valence-electron chi connectivity index (χ2n) is 9.07. The van der Waals surface area contributed by atoms with E-state index in [4.69, 9.17) is 0 Å². The van der Waals surface area contributed by atoms with Gasteiger partial charge in [-0.3, -0.25) is 9.59 Å². The van der Waals surface area contributed by atoms with Crippen molar-refractivity contribution in [3.05, 3.63) is 60.2 Å². The molecule has 1 unspecified atom stereocenters. The van der Waals surface area contributed by atoms with Crippen LogP contribution in [0.1, 0.15) is 57.4 Å². The van der Waals surface area contributed by atoms with Gasteiger partial charge in [0.2, 0.25) is 11.8 Å². The highest BCUT2D eigenvalue weighted by Gasteiger charge is 2.44. The number of rotatable bonds is 11.